The Morgan fingerprint density at radius 2 is 2.00 bits per heavy atom. The molecule has 0 fully saturated rings. The molecule has 21 heavy (non-hydrogen) atoms. The summed E-state index contributed by atoms with van der Waals surface area (Å²) in [5.74, 6) is 0.698. The highest BCUT2D eigenvalue weighted by atomic mass is 16.5. The molecule has 0 heterocycles. The van der Waals surface area contributed by atoms with Crippen LogP contribution in [0.3, 0.4) is 0 Å². The first kappa shape index (κ1) is 17.1. The van der Waals surface area contributed by atoms with Crippen LogP contribution in [0.5, 0.6) is 11.5 Å². The number of nitrogens with two attached hydrogens (primary N) is 1. The van der Waals surface area contributed by atoms with Crippen LogP contribution in [0.2, 0.25) is 0 Å². The van der Waals surface area contributed by atoms with Gasteiger partial charge in [-0.25, -0.2) is 0 Å². The van der Waals surface area contributed by atoms with Crippen LogP contribution in [0.25, 0.3) is 0 Å². The van der Waals surface area contributed by atoms with Crippen molar-refractivity contribution in [2.75, 3.05) is 39.7 Å². The molecule has 0 spiro atoms. The number of carbonyl (C=O) groups excluding carboxylic acids is 1. The van der Waals surface area contributed by atoms with Gasteiger partial charge in [-0.3, -0.25) is 4.79 Å². The first-order valence-corrected chi connectivity index (χ1v) is 7.01. The molecule has 0 aliphatic carbocycles. The van der Waals surface area contributed by atoms with Gasteiger partial charge in [0.2, 0.25) is 0 Å². The molecule has 0 unspecified atom stereocenters. The van der Waals surface area contributed by atoms with Crippen LogP contribution in [0.15, 0.2) is 12.1 Å². The molecule has 1 aromatic carbocycles. The maximum Gasteiger partial charge on any atom is 0.253 e. The number of benzene rings is 1. The number of ether oxygens (including phenoxy) is 3. The molecule has 0 aliphatic rings. The zero-order chi connectivity index (χ0) is 15.7. The van der Waals surface area contributed by atoms with Gasteiger partial charge in [-0.2, -0.15) is 0 Å². The van der Waals surface area contributed by atoms with Gasteiger partial charge in [0.05, 0.1) is 25.5 Å². The van der Waals surface area contributed by atoms with E-state index in [1.54, 1.807) is 12.1 Å². The van der Waals surface area contributed by atoms with E-state index < -0.39 is 0 Å². The molecule has 0 saturated heterocycles. The summed E-state index contributed by atoms with van der Waals surface area (Å²) >= 11 is 0. The Kier molecular flexibility index (Phi) is 7.39. The second-order valence-electron chi connectivity index (χ2n) is 4.51. The standard InChI is InChI=1S/C15H24N2O4/c1-4-7-21-8-5-6-17-15(18)12-9-11(19-2)10-13(20-3)14(12)16/h9-10H,4-8,16H2,1-3H3,(H,17,18). The zero-order valence-electron chi connectivity index (χ0n) is 12.9. The van der Waals surface area contributed by atoms with E-state index in [-0.39, 0.29) is 5.91 Å². The largest absolute Gasteiger partial charge is 0.497 e. The number of nitrogen functional groups attached to an aromatic ring is 1. The van der Waals surface area contributed by atoms with Gasteiger partial charge in [-0.05, 0) is 18.9 Å². The van der Waals surface area contributed by atoms with Crippen LogP contribution in [0, 0.1) is 0 Å². The molecule has 1 aromatic rings. The molecule has 118 valence electrons. The molecule has 0 atom stereocenters. The monoisotopic (exact) mass is 296 g/mol. The maximum atomic E-state index is 12.1. The predicted molar refractivity (Wildman–Crippen MR) is 82.0 cm³/mol. The molecule has 0 aromatic heterocycles. The van der Waals surface area contributed by atoms with Crippen LogP contribution in [0.1, 0.15) is 30.1 Å². The lowest BCUT2D eigenvalue weighted by Crippen LogP contribution is -2.26. The van der Waals surface area contributed by atoms with Gasteiger partial charge in [0.1, 0.15) is 11.5 Å². The lowest BCUT2D eigenvalue weighted by atomic mass is 10.1. The van der Waals surface area contributed by atoms with E-state index in [2.05, 4.69) is 12.2 Å². The summed E-state index contributed by atoms with van der Waals surface area (Å²) in [6.45, 7) is 3.96. The molecule has 6 heteroatoms. The van der Waals surface area contributed by atoms with E-state index in [1.807, 2.05) is 0 Å². The van der Waals surface area contributed by atoms with E-state index in [0.29, 0.717) is 35.9 Å². The average Bonchev–Trinajstić information content (AvgIpc) is 2.50. The molecular formula is C15H24N2O4. The molecule has 0 bridgehead atoms. The smallest absolute Gasteiger partial charge is 0.253 e. The Morgan fingerprint density at radius 3 is 2.62 bits per heavy atom. The van der Waals surface area contributed by atoms with Crippen molar-refractivity contribution in [2.24, 2.45) is 0 Å². The highest BCUT2D eigenvalue weighted by Crippen LogP contribution is 2.30. The number of carbonyl (C=O) groups is 1. The molecule has 1 rings (SSSR count). The number of hydrogen-bond donors (Lipinski definition) is 2. The topological polar surface area (TPSA) is 82.8 Å². The number of amides is 1. The fourth-order valence-corrected chi connectivity index (χ4v) is 1.79. The Hall–Kier alpha value is -1.95. The summed E-state index contributed by atoms with van der Waals surface area (Å²) in [7, 11) is 3.02. The summed E-state index contributed by atoms with van der Waals surface area (Å²) in [6.07, 6.45) is 1.75. The van der Waals surface area contributed by atoms with Crippen LogP contribution in [-0.4, -0.2) is 39.9 Å². The van der Waals surface area contributed by atoms with Crippen molar-refractivity contribution in [2.45, 2.75) is 19.8 Å². The third kappa shape index (κ3) is 5.15. The summed E-state index contributed by atoms with van der Waals surface area (Å²) in [5, 5.41) is 2.81. The average molecular weight is 296 g/mol. The lowest BCUT2D eigenvalue weighted by Gasteiger charge is -2.13. The van der Waals surface area contributed by atoms with Crippen molar-refractivity contribution in [1.82, 2.24) is 5.32 Å². The molecule has 0 saturated carbocycles. The Labute approximate surface area is 125 Å². The minimum Gasteiger partial charge on any atom is -0.497 e. The number of methoxy groups -OCH3 is 2. The van der Waals surface area contributed by atoms with Gasteiger partial charge in [0, 0.05) is 25.8 Å². The van der Waals surface area contributed by atoms with E-state index in [4.69, 9.17) is 19.9 Å². The molecule has 0 aliphatic heterocycles. The van der Waals surface area contributed by atoms with Gasteiger partial charge >= 0.3 is 0 Å². The zero-order valence-corrected chi connectivity index (χ0v) is 12.9. The third-order valence-electron chi connectivity index (χ3n) is 2.92. The molecular weight excluding hydrogens is 272 g/mol. The first-order chi connectivity index (χ1) is 10.1. The summed E-state index contributed by atoms with van der Waals surface area (Å²) in [6, 6.07) is 3.24. The maximum absolute atomic E-state index is 12.1. The minimum absolute atomic E-state index is 0.250. The number of rotatable bonds is 9. The van der Waals surface area contributed by atoms with E-state index >= 15 is 0 Å². The number of nitrogens with one attached hydrogen (secondary N) is 1. The van der Waals surface area contributed by atoms with Crippen LogP contribution >= 0.6 is 0 Å². The van der Waals surface area contributed by atoms with Gasteiger partial charge in [-0.15, -0.1) is 0 Å². The molecule has 6 nitrogen and oxygen atoms in total. The van der Waals surface area contributed by atoms with Gasteiger partial charge in [0.25, 0.3) is 5.91 Å². The van der Waals surface area contributed by atoms with Crippen LogP contribution in [-0.2, 0) is 4.74 Å². The second kappa shape index (κ2) is 9.07. The van der Waals surface area contributed by atoms with Crippen molar-refractivity contribution in [3.05, 3.63) is 17.7 Å². The summed E-state index contributed by atoms with van der Waals surface area (Å²) < 4.78 is 15.6. The normalized spacial score (nSPS) is 10.2. The van der Waals surface area contributed by atoms with E-state index in [0.717, 1.165) is 19.4 Å². The Morgan fingerprint density at radius 1 is 1.24 bits per heavy atom. The van der Waals surface area contributed by atoms with Gasteiger partial charge in [0.15, 0.2) is 0 Å². The fraction of sp³-hybridized carbons (Fsp3) is 0.533. The third-order valence-corrected chi connectivity index (χ3v) is 2.92. The highest BCUT2D eigenvalue weighted by molar-refractivity contribution is 6.00. The second-order valence-corrected chi connectivity index (χ2v) is 4.51. The van der Waals surface area contributed by atoms with Gasteiger partial charge < -0.3 is 25.3 Å². The predicted octanol–water partition coefficient (Wildman–Crippen LogP) is 1.83. The minimum atomic E-state index is -0.250. The van der Waals surface area contributed by atoms with Crippen LogP contribution in [0.4, 0.5) is 5.69 Å². The SMILES string of the molecule is CCCOCCCNC(=O)c1cc(OC)cc(OC)c1N. The highest BCUT2D eigenvalue weighted by Gasteiger charge is 2.15. The quantitative estimate of drug-likeness (QED) is 0.536. The van der Waals surface area contributed by atoms with Crippen molar-refractivity contribution >= 4 is 11.6 Å². The molecule has 0 radical (unpaired) electrons. The Bertz CT molecular complexity index is 463. The number of anilines is 1. The van der Waals surface area contributed by atoms with Crippen molar-refractivity contribution in [3.8, 4) is 11.5 Å². The summed E-state index contributed by atoms with van der Waals surface area (Å²) in [5.41, 5.74) is 6.57. The molecule has 3 N–H and O–H groups in total. The van der Waals surface area contributed by atoms with Crippen molar-refractivity contribution in [1.29, 1.82) is 0 Å². The van der Waals surface area contributed by atoms with Crippen molar-refractivity contribution < 1.29 is 19.0 Å². The van der Waals surface area contributed by atoms with E-state index in [1.165, 1.54) is 14.2 Å². The molecule has 1 amide bonds. The summed E-state index contributed by atoms with van der Waals surface area (Å²) in [4.78, 5) is 12.1. The van der Waals surface area contributed by atoms with Crippen molar-refractivity contribution in [3.63, 3.8) is 0 Å². The van der Waals surface area contributed by atoms with Crippen LogP contribution < -0.4 is 20.5 Å². The number of hydrogen-bond acceptors (Lipinski definition) is 5. The Balaban J connectivity index is 2.61. The van der Waals surface area contributed by atoms with E-state index in [9.17, 15) is 4.79 Å². The lowest BCUT2D eigenvalue weighted by molar-refractivity contribution is 0.0941. The van der Waals surface area contributed by atoms with Gasteiger partial charge in [-0.1, -0.05) is 6.92 Å². The fourth-order valence-electron chi connectivity index (χ4n) is 1.79. The first-order valence-electron chi connectivity index (χ1n) is 7.01.